The van der Waals surface area contributed by atoms with Gasteiger partial charge in [0.2, 0.25) is 5.78 Å². The summed E-state index contributed by atoms with van der Waals surface area (Å²) in [5, 5.41) is 16.4. The molecule has 0 heterocycles. The Hall–Kier alpha value is -2.30. The molecule has 6 atom stereocenters. The molecule has 3 fully saturated rings. The highest BCUT2D eigenvalue weighted by Gasteiger charge is 2.66. The summed E-state index contributed by atoms with van der Waals surface area (Å²) in [6.07, 6.45) is 13.7. The van der Waals surface area contributed by atoms with E-state index in [2.05, 4.69) is 57.4 Å². The Morgan fingerprint density at radius 2 is 1.69 bits per heavy atom. The van der Waals surface area contributed by atoms with Crippen LogP contribution in [0.2, 0.25) is 0 Å². The Bertz CT molecular complexity index is 1140. The number of hydrogen-bond acceptors (Lipinski definition) is 3. The van der Waals surface area contributed by atoms with Crippen LogP contribution in [0.4, 0.5) is 4.79 Å². The molecule has 5 heteroatoms. The van der Waals surface area contributed by atoms with E-state index in [1.165, 1.54) is 12.0 Å². The monoisotopic (exact) mass is 478 g/mol. The third-order valence-electron chi connectivity index (χ3n) is 11.5. The predicted octanol–water partition coefficient (Wildman–Crippen LogP) is 6.29. The minimum Gasteiger partial charge on any atom is -0.504 e. The van der Waals surface area contributed by atoms with Crippen LogP contribution in [-0.2, 0) is 4.79 Å². The highest BCUT2D eigenvalue weighted by Crippen LogP contribution is 2.75. The predicted molar refractivity (Wildman–Crippen MR) is 139 cm³/mol. The molecule has 0 bridgehead atoms. The summed E-state index contributed by atoms with van der Waals surface area (Å²) in [6, 6.07) is -0.0933. The summed E-state index contributed by atoms with van der Waals surface area (Å²) in [6.45, 7) is 13.9. The van der Waals surface area contributed by atoms with Crippen LogP contribution in [-0.4, -0.2) is 29.5 Å². The number of allylic oxidation sites excluding steroid dienone is 7. The number of aliphatic hydroxyl groups is 1. The van der Waals surface area contributed by atoms with Crippen LogP contribution in [0, 0.1) is 27.6 Å². The number of rotatable bonds is 1. The molecule has 3 N–H and O–H groups in total. The summed E-state index contributed by atoms with van der Waals surface area (Å²) < 4.78 is 0. The molecule has 0 aliphatic heterocycles. The molecule has 0 aromatic rings. The first kappa shape index (κ1) is 24.4. The van der Waals surface area contributed by atoms with Crippen LogP contribution >= 0.6 is 0 Å². The number of urea groups is 1. The summed E-state index contributed by atoms with van der Waals surface area (Å²) in [5.41, 5.74) is 4.19. The van der Waals surface area contributed by atoms with Crippen molar-refractivity contribution in [2.75, 3.05) is 7.05 Å². The number of amides is 2. The number of ketones is 1. The van der Waals surface area contributed by atoms with E-state index in [0.29, 0.717) is 11.5 Å². The molecule has 0 spiro atoms. The van der Waals surface area contributed by atoms with Crippen LogP contribution < -0.4 is 10.6 Å². The standard InChI is InChI=1S/C30H42N2O3/c1-18-19-8-9-22-28(4,20(19)16-21(33)24(18)34)13-15-30(6)23-17-27(3,32-25(35)31-7)12-10-26(23,2)11-14-29(22,30)5/h8-9,16,23,34H,10-15,17H2,1-7H3,(H2,31,32,35)/t23-,26-,27-,28+,29-,30+/m1/s1. The first-order valence-electron chi connectivity index (χ1n) is 13.3. The van der Waals surface area contributed by atoms with Crippen molar-refractivity contribution >= 4 is 11.8 Å². The van der Waals surface area contributed by atoms with Crippen LogP contribution in [0.5, 0.6) is 0 Å². The molecule has 0 aromatic carbocycles. The molecule has 0 unspecified atom stereocenters. The van der Waals surface area contributed by atoms with Crippen molar-refractivity contribution in [3.8, 4) is 0 Å². The smallest absolute Gasteiger partial charge is 0.314 e. The number of carbonyl (C=O) groups is 2. The van der Waals surface area contributed by atoms with E-state index in [-0.39, 0.29) is 44.8 Å². The van der Waals surface area contributed by atoms with Gasteiger partial charge in [0.1, 0.15) is 0 Å². The maximum atomic E-state index is 12.6. The van der Waals surface area contributed by atoms with Crippen LogP contribution in [0.25, 0.3) is 0 Å². The van der Waals surface area contributed by atoms with Crippen molar-refractivity contribution in [2.24, 2.45) is 27.6 Å². The molecule has 5 aliphatic rings. The fourth-order valence-electron chi connectivity index (χ4n) is 8.91. The van der Waals surface area contributed by atoms with Crippen LogP contribution in [0.15, 0.2) is 46.3 Å². The molecule has 0 saturated heterocycles. The highest BCUT2D eigenvalue weighted by atomic mass is 16.3. The van der Waals surface area contributed by atoms with Gasteiger partial charge in [0, 0.05) is 23.6 Å². The first-order valence-corrected chi connectivity index (χ1v) is 13.3. The number of nitrogens with one attached hydrogen (secondary N) is 2. The van der Waals surface area contributed by atoms with Gasteiger partial charge in [0.05, 0.1) is 0 Å². The largest absolute Gasteiger partial charge is 0.504 e. The summed E-state index contributed by atoms with van der Waals surface area (Å²) in [4.78, 5) is 24.9. The van der Waals surface area contributed by atoms with Crippen molar-refractivity contribution in [3.63, 3.8) is 0 Å². The van der Waals surface area contributed by atoms with Gasteiger partial charge in [-0.2, -0.15) is 0 Å². The fraction of sp³-hybridized carbons (Fsp3) is 0.667. The van der Waals surface area contributed by atoms with E-state index < -0.39 is 0 Å². The summed E-state index contributed by atoms with van der Waals surface area (Å²) >= 11 is 0. The Balaban J connectivity index is 1.59. The van der Waals surface area contributed by atoms with Crippen molar-refractivity contribution in [2.45, 2.75) is 92.0 Å². The van der Waals surface area contributed by atoms with Gasteiger partial charge in [-0.25, -0.2) is 4.79 Å². The lowest BCUT2D eigenvalue weighted by molar-refractivity contribution is -0.152. The van der Waals surface area contributed by atoms with Gasteiger partial charge < -0.3 is 15.7 Å². The summed E-state index contributed by atoms with van der Waals surface area (Å²) in [5.74, 6) is 0.106. The van der Waals surface area contributed by atoms with E-state index in [1.807, 2.05) is 6.92 Å². The second-order valence-corrected chi connectivity index (χ2v) is 13.3. The average molecular weight is 479 g/mol. The maximum absolute atomic E-state index is 12.6. The van der Waals surface area contributed by atoms with E-state index in [9.17, 15) is 14.7 Å². The third-order valence-corrected chi connectivity index (χ3v) is 11.5. The highest BCUT2D eigenvalue weighted by molar-refractivity contribution is 6.06. The minimum absolute atomic E-state index is 0.00152. The topological polar surface area (TPSA) is 78.4 Å². The summed E-state index contributed by atoms with van der Waals surface area (Å²) in [7, 11) is 1.69. The molecule has 5 aliphatic carbocycles. The average Bonchev–Trinajstić information content (AvgIpc) is 2.81. The third kappa shape index (κ3) is 3.12. The van der Waals surface area contributed by atoms with Gasteiger partial charge in [-0.1, -0.05) is 45.4 Å². The van der Waals surface area contributed by atoms with Gasteiger partial charge in [0.15, 0.2) is 5.76 Å². The van der Waals surface area contributed by atoms with Crippen LogP contribution in [0.3, 0.4) is 0 Å². The molecular weight excluding hydrogens is 436 g/mol. The van der Waals surface area contributed by atoms with Gasteiger partial charge in [-0.3, -0.25) is 4.79 Å². The van der Waals surface area contributed by atoms with E-state index in [1.54, 1.807) is 13.1 Å². The number of aliphatic hydroxyl groups excluding tert-OH is 1. The zero-order valence-electron chi connectivity index (χ0n) is 22.5. The van der Waals surface area contributed by atoms with Crippen molar-refractivity contribution < 1.29 is 14.7 Å². The fourth-order valence-corrected chi connectivity index (χ4v) is 8.91. The quantitative estimate of drug-likeness (QED) is 0.414. The Labute approximate surface area is 210 Å². The van der Waals surface area contributed by atoms with Crippen molar-refractivity contribution in [3.05, 3.63) is 46.3 Å². The van der Waals surface area contributed by atoms with Gasteiger partial charge >= 0.3 is 6.03 Å². The van der Waals surface area contributed by atoms with E-state index >= 15 is 0 Å². The Kier molecular flexibility index (Phi) is 5.13. The number of hydrogen-bond donors (Lipinski definition) is 3. The molecule has 190 valence electrons. The normalized spacial score (nSPS) is 44.6. The van der Waals surface area contributed by atoms with Gasteiger partial charge in [0.25, 0.3) is 0 Å². The lowest BCUT2D eigenvalue weighted by Crippen LogP contribution is -2.64. The minimum atomic E-state index is -0.268. The zero-order valence-corrected chi connectivity index (χ0v) is 22.5. The lowest BCUT2D eigenvalue weighted by Gasteiger charge is -2.70. The molecule has 0 radical (unpaired) electrons. The lowest BCUT2D eigenvalue weighted by atomic mass is 9.35. The SMILES string of the molecule is CNC(=O)N[C@]1(C)CC[C@]2(C)CC[C@]3(C)C4=CC=C5C(=CC(=O)C(O)=C5C)[C@]4(C)CC[C@@]3(C)[C@@H]2C1. The van der Waals surface area contributed by atoms with E-state index in [0.717, 1.165) is 49.7 Å². The van der Waals surface area contributed by atoms with Gasteiger partial charge in [-0.15, -0.1) is 0 Å². The zero-order chi connectivity index (χ0) is 25.6. The van der Waals surface area contributed by atoms with E-state index in [4.69, 9.17) is 0 Å². The van der Waals surface area contributed by atoms with Gasteiger partial charge in [-0.05, 0) is 98.2 Å². The van der Waals surface area contributed by atoms with Crippen molar-refractivity contribution in [1.82, 2.24) is 10.6 Å². The molecule has 5 nitrogen and oxygen atoms in total. The molecule has 35 heavy (non-hydrogen) atoms. The molecule has 5 rings (SSSR count). The van der Waals surface area contributed by atoms with Crippen molar-refractivity contribution in [1.29, 1.82) is 0 Å². The maximum Gasteiger partial charge on any atom is 0.314 e. The second kappa shape index (κ2) is 7.36. The second-order valence-electron chi connectivity index (χ2n) is 13.3. The molecule has 0 aromatic heterocycles. The Morgan fingerprint density at radius 1 is 1.00 bits per heavy atom. The number of carbonyl (C=O) groups excluding carboxylic acids is 2. The Morgan fingerprint density at radius 3 is 2.37 bits per heavy atom. The number of fused-ring (bicyclic) bond motifs is 7. The molecular formula is C30H42N2O3. The molecule has 2 amide bonds. The molecule has 3 saturated carbocycles. The van der Waals surface area contributed by atoms with Crippen LogP contribution in [0.1, 0.15) is 86.5 Å². The first-order chi connectivity index (χ1) is 16.2.